The minimum absolute atomic E-state index is 0.0427. The van der Waals surface area contributed by atoms with Crippen LogP contribution in [-0.2, 0) is 0 Å². The largest absolute Gasteiger partial charge is 0.493 e. The van der Waals surface area contributed by atoms with Crippen LogP contribution in [0.15, 0.2) is 47.4 Å². The first kappa shape index (κ1) is 16.9. The van der Waals surface area contributed by atoms with Gasteiger partial charge in [-0.25, -0.2) is 4.39 Å². The maximum Gasteiger partial charge on any atom is 0.255 e. The highest BCUT2D eigenvalue weighted by molar-refractivity contribution is 6.16. The van der Waals surface area contributed by atoms with E-state index in [2.05, 4.69) is 4.98 Å². The molecule has 1 unspecified atom stereocenters. The van der Waals surface area contributed by atoms with E-state index in [1.54, 1.807) is 37.3 Å². The number of aromatic amines is 1. The van der Waals surface area contributed by atoms with E-state index in [-0.39, 0.29) is 22.4 Å². The Balaban J connectivity index is 2.21. The molecular weight excluding hydrogens is 323 g/mol. The number of halogens is 1. The number of ketones is 1. The van der Waals surface area contributed by atoms with E-state index in [4.69, 9.17) is 10.5 Å². The van der Waals surface area contributed by atoms with E-state index in [0.29, 0.717) is 16.3 Å². The molecule has 0 aliphatic rings. The van der Waals surface area contributed by atoms with Gasteiger partial charge in [-0.05, 0) is 30.5 Å². The molecule has 0 spiro atoms. The summed E-state index contributed by atoms with van der Waals surface area (Å²) in [5, 5.41) is 0.832. The lowest BCUT2D eigenvalue weighted by Crippen LogP contribution is -2.13. The van der Waals surface area contributed by atoms with Gasteiger partial charge in [0.05, 0.1) is 12.7 Å². The number of methoxy groups -OCH3 is 1. The van der Waals surface area contributed by atoms with Gasteiger partial charge in [-0.2, -0.15) is 0 Å². The number of pyridine rings is 1. The molecule has 1 heterocycles. The van der Waals surface area contributed by atoms with Gasteiger partial charge in [0.1, 0.15) is 0 Å². The molecule has 2 aromatic carbocycles. The summed E-state index contributed by atoms with van der Waals surface area (Å²) >= 11 is 0. The minimum atomic E-state index is -0.760. The molecule has 0 saturated carbocycles. The number of fused-ring (bicyclic) bond motifs is 1. The van der Waals surface area contributed by atoms with Gasteiger partial charge in [-0.1, -0.05) is 18.2 Å². The Kier molecular flexibility index (Phi) is 4.37. The lowest BCUT2D eigenvalue weighted by Gasteiger charge is -2.15. The van der Waals surface area contributed by atoms with E-state index < -0.39 is 17.6 Å². The fourth-order valence-electron chi connectivity index (χ4n) is 2.88. The monoisotopic (exact) mass is 340 g/mol. The van der Waals surface area contributed by atoms with Crippen LogP contribution < -0.4 is 16.0 Å². The number of nitrogens with one attached hydrogen (secondary N) is 1. The number of carbonyl (C=O) groups excluding carboxylic acids is 1. The number of nitrogens with two attached hydrogens (primary N) is 1. The zero-order valence-corrected chi connectivity index (χ0v) is 13.8. The van der Waals surface area contributed by atoms with Gasteiger partial charge in [-0.3, -0.25) is 9.59 Å². The predicted molar refractivity (Wildman–Crippen MR) is 93.6 cm³/mol. The average Bonchev–Trinajstić information content (AvgIpc) is 2.60. The Labute approximate surface area is 143 Å². The van der Waals surface area contributed by atoms with Gasteiger partial charge in [0, 0.05) is 28.8 Å². The van der Waals surface area contributed by atoms with Crippen molar-refractivity contribution in [2.75, 3.05) is 7.11 Å². The molecule has 6 heteroatoms. The fourth-order valence-corrected chi connectivity index (χ4v) is 2.88. The van der Waals surface area contributed by atoms with Crippen molar-refractivity contribution >= 4 is 16.6 Å². The molecule has 0 fully saturated rings. The van der Waals surface area contributed by atoms with E-state index in [0.717, 1.165) is 0 Å². The smallest absolute Gasteiger partial charge is 0.255 e. The summed E-state index contributed by atoms with van der Waals surface area (Å²) in [6.45, 7) is 1.70. The van der Waals surface area contributed by atoms with Crippen molar-refractivity contribution in [3.05, 3.63) is 75.5 Å². The van der Waals surface area contributed by atoms with Crippen molar-refractivity contribution in [2.24, 2.45) is 5.73 Å². The molecule has 0 amide bonds. The molecule has 0 saturated heterocycles. The molecule has 0 radical (unpaired) electrons. The number of hydrogen-bond donors (Lipinski definition) is 2. The molecule has 3 N–H and O–H groups in total. The van der Waals surface area contributed by atoms with Gasteiger partial charge in [-0.15, -0.1) is 0 Å². The Hall–Kier alpha value is -2.99. The lowest BCUT2D eigenvalue weighted by atomic mass is 9.95. The topological polar surface area (TPSA) is 85.2 Å². The van der Waals surface area contributed by atoms with Crippen molar-refractivity contribution in [3.8, 4) is 5.75 Å². The van der Waals surface area contributed by atoms with Crippen LogP contribution in [-0.4, -0.2) is 17.9 Å². The third kappa shape index (κ3) is 2.81. The Morgan fingerprint density at radius 1 is 1.16 bits per heavy atom. The van der Waals surface area contributed by atoms with Crippen LogP contribution in [0.25, 0.3) is 10.8 Å². The number of carbonyl (C=O) groups is 1. The number of benzene rings is 2. The molecule has 128 valence electrons. The van der Waals surface area contributed by atoms with Gasteiger partial charge in [0.15, 0.2) is 17.3 Å². The molecule has 3 rings (SSSR count). The van der Waals surface area contributed by atoms with Crippen molar-refractivity contribution in [1.82, 2.24) is 4.98 Å². The number of hydrogen-bond acceptors (Lipinski definition) is 4. The summed E-state index contributed by atoms with van der Waals surface area (Å²) in [5.74, 6) is -1.33. The number of aromatic nitrogens is 1. The summed E-state index contributed by atoms with van der Waals surface area (Å²) in [5.41, 5.74) is 6.11. The lowest BCUT2D eigenvalue weighted by molar-refractivity contribution is 0.103. The maximum absolute atomic E-state index is 14.8. The Bertz CT molecular complexity index is 1020. The van der Waals surface area contributed by atoms with Crippen LogP contribution in [0.2, 0.25) is 0 Å². The first-order valence-electron chi connectivity index (χ1n) is 7.72. The van der Waals surface area contributed by atoms with Crippen molar-refractivity contribution in [2.45, 2.75) is 13.0 Å². The molecule has 0 aliphatic heterocycles. The SMILES string of the molecule is COc1c(C(C)N)ccc(C(=O)c2cccc3c(=O)[nH]ccc23)c1F. The normalized spacial score (nSPS) is 12.2. The van der Waals surface area contributed by atoms with Gasteiger partial charge in [0.2, 0.25) is 0 Å². The van der Waals surface area contributed by atoms with Gasteiger partial charge >= 0.3 is 0 Å². The highest BCUT2D eigenvalue weighted by Crippen LogP contribution is 2.31. The van der Waals surface area contributed by atoms with E-state index in [1.165, 1.54) is 19.4 Å². The standard InChI is InChI=1S/C19H17FN2O3/c1-10(21)11-6-7-15(16(20)18(11)25-2)17(23)13-4-3-5-14-12(13)8-9-22-19(14)24/h3-10H,21H2,1-2H3,(H,22,24). The van der Waals surface area contributed by atoms with Crippen LogP contribution >= 0.6 is 0 Å². The van der Waals surface area contributed by atoms with Crippen LogP contribution in [0.5, 0.6) is 5.75 Å². The van der Waals surface area contributed by atoms with E-state index in [1.807, 2.05) is 0 Å². The summed E-state index contributed by atoms with van der Waals surface area (Å²) in [7, 11) is 1.33. The second-order valence-electron chi connectivity index (χ2n) is 5.74. The number of ether oxygens (including phenoxy) is 1. The fraction of sp³-hybridized carbons (Fsp3) is 0.158. The summed E-state index contributed by atoms with van der Waals surface area (Å²) in [4.78, 5) is 27.4. The quantitative estimate of drug-likeness (QED) is 0.715. The van der Waals surface area contributed by atoms with Crippen molar-refractivity contribution in [3.63, 3.8) is 0 Å². The predicted octanol–water partition coefficient (Wildman–Crippen LogP) is 2.93. The van der Waals surface area contributed by atoms with E-state index in [9.17, 15) is 14.0 Å². The second-order valence-corrected chi connectivity index (χ2v) is 5.74. The van der Waals surface area contributed by atoms with Gasteiger partial charge in [0.25, 0.3) is 5.56 Å². The zero-order valence-electron chi connectivity index (χ0n) is 13.8. The first-order chi connectivity index (χ1) is 12.0. The highest BCUT2D eigenvalue weighted by atomic mass is 19.1. The molecule has 5 nitrogen and oxygen atoms in total. The molecule has 25 heavy (non-hydrogen) atoms. The van der Waals surface area contributed by atoms with Gasteiger partial charge < -0.3 is 15.5 Å². The third-order valence-corrected chi connectivity index (χ3v) is 4.13. The van der Waals surface area contributed by atoms with Crippen LogP contribution in [0.4, 0.5) is 4.39 Å². The highest BCUT2D eigenvalue weighted by Gasteiger charge is 2.22. The van der Waals surface area contributed by atoms with E-state index >= 15 is 0 Å². The summed E-state index contributed by atoms with van der Waals surface area (Å²) < 4.78 is 19.9. The zero-order chi connectivity index (χ0) is 18.1. The van der Waals surface area contributed by atoms with Crippen molar-refractivity contribution < 1.29 is 13.9 Å². The second kappa shape index (κ2) is 6.49. The molecule has 0 aliphatic carbocycles. The minimum Gasteiger partial charge on any atom is -0.493 e. The third-order valence-electron chi connectivity index (χ3n) is 4.13. The number of H-pyrrole nitrogens is 1. The van der Waals surface area contributed by atoms with Crippen LogP contribution in [0, 0.1) is 5.82 Å². The summed E-state index contributed by atoms with van der Waals surface area (Å²) in [6.07, 6.45) is 1.46. The average molecular weight is 340 g/mol. The Morgan fingerprint density at radius 2 is 1.92 bits per heavy atom. The van der Waals surface area contributed by atoms with Crippen molar-refractivity contribution in [1.29, 1.82) is 0 Å². The first-order valence-corrected chi connectivity index (χ1v) is 7.72. The van der Waals surface area contributed by atoms with Crippen LogP contribution in [0.1, 0.15) is 34.5 Å². The Morgan fingerprint density at radius 3 is 2.60 bits per heavy atom. The molecule has 0 bridgehead atoms. The number of rotatable bonds is 4. The van der Waals surface area contributed by atoms with Crippen LogP contribution in [0.3, 0.4) is 0 Å². The summed E-state index contributed by atoms with van der Waals surface area (Å²) in [6, 6.07) is 8.93. The molecular formula is C19H17FN2O3. The molecule has 1 aromatic heterocycles. The molecule has 3 aromatic rings. The maximum atomic E-state index is 14.8. The molecule has 1 atom stereocenters.